The van der Waals surface area contributed by atoms with Crippen LogP contribution in [0, 0.1) is 0 Å². The Morgan fingerprint density at radius 3 is 2.29 bits per heavy atom. The summed E-state index contributed by atoms with van der Waals surface area (Å²) < 4.78 is 5.70. The van der Waals surface area contributed by atoms with E-state index in [0.717, 1.165) is 12.2 Å². The first-order valence-corrected chi connectivity index (χ1v) is 6.30. The maximum Gasteiger partial charge on any atom is 0.140 e. The maximum absolute atomic E-state index is 10.8. The molecule has 1 aromatic rings. The third-order valence-corrected chi connectivity index (χ3v) is 3.73. The Balaban J connectivity index is 2.00. The summed E-state index contributed by atoms with van der Waals surface area (Å²) in [5, 5.41) is 0. The van der Waals surface area contributed by atoms with Crippen molar-refractivity contribution in [2.24, 2.45) is 0 Å². The van der Waals surface area contributed by atoms with Gasteiger partial charge in [-0.25, -0.2) is 0 Å². The molecule has 0 saturated heterocycles. The van der Waals surface area contributed by atoms with Crippen molar-refractivity contribution < 1.29 is 9.53 Å². The quantitative estimate of drug-likeness (QED) is 0.794. The monoisotopic (exact) mass is 232 g/mol. The smallest absolute Gasteiger partial charge is 0.140 e. The van der Waals surface area contributed by atoms with Gasteiger partial charge < -0.3 is 4.74 Å². The summed E-state index contributed by atoms with van der Waals surface area (Å²) in [7, 11) is 0. The highest BCUT2D eigenvalue weighted by molar-refractivity contribution is 5.85. The fraction of sp³-hybridized carbons (Fsp3) is 0.533. The van der Waals surface area contributed by atoms with Gasteiger partial charge in [0.05, 0.1) is 0 Å². The van der Waals surface area contributed by atoms with Crippen molar-refractivity contribution >= 4 is 5.78 Å². The predicted octanol–water partition coefficient (Wildman–Crippen LogP) is 3.48. The van der Waals surface area contributed by atoms with E-state index in [1.165, 1.54) is 5.56 Å². The molecule has 0 spiro atoms. The molecule has 0 aromatic heterocycles. The van der Waals surface area contributed by atoms with Gasteiger partial charge in [0.15, 0.2) is 0 Å². The first kappa shape index (κ1) is 12.2. The summed E-state index contributed by atoms with van der Waals surface area (Å²) >= 11 is 0. The van der Waals surface area contributed by atoms with Crippen molar-refractivity contribution in [1.82, 2.24) is 0 Å². The molecule has 1 fully saturated rings. The first-order chi connectivity index (χ1) is 8.01. The number of hydrogen-bond acceptors (Lipinski definition) is 2. The number of carbonyl (C=O) groups excluding carboxylic acids is 1. The molecule has 0 heterocycles. The minimum Gasteiger partial charge on any atom is -0.490 e. The molecule has 0 atom stereocenters. The van der Waals surface area contributed by atoms with Crippen molar-refractivity contribution in [3.8, 4) is 5.75 Å². The van der Waals surface area contributed by atoms with Crippen molar-refractivity contribution in [2.75, 3.05) is 0 Å². The van der Waals surface area contributed by atoms with Gasteiger partial charge in [-0.2, -0.15) is 0 Å². The molecule has 1 aromatic carbocycles. The molecule has 0 N–H and O–H groups in total. The second kappa shape index (κ2) is 4.52. The van der Waals surface area contributed by atoms with E-state index in [1.807, 2.05) is 12.1 Å². The van der Waals surface area contributed by atoms with Gasteiger partial charge in [-0.05, 0) is 29.5 Å². The molecule has 1 aliphatic rings. The molecular formula is C15H20O2. The molecule has 0 unspecified atom stereocenters. The third-order valence-electron chi connectivity index (χ3n) is 3.73. The van der Waals surface area contributed by atoms with E-state index in [4.69, 9.17) is 4.74 Å². The lowest BCUT2D eigenvalue weighted by Gasteiger charge is -2.26. The molecule has 2 nitrogen and oxygen atoms in total. The van der Waals surface area contributed by atoms with Crippen molar-refractivity contribution in [3.05, 3.63) is 29.8 Å². The molecule has 0 bridgehead atoms. The molecule has 1 aliphatic carbocycles. The zero-order valence-electron chi connectivity index (χ0n) is 10.8. The molecule has 17 heavy (non-hydrogen) atoms. The Labute approximate surface area is 103 Å². The molecule has 0 radical (unpaired) electrons. The van der Waals surface area contributed by atoms with Gasteiger partial charge in [-0.15, -0.1) is 0 Å². The van der Waals surface area contributed by atoms with Crippen LogP contribution in [0.25, 0.3) is 0 Å². The van der Waals surface area contributed by atoms with Crippen LogP contribution in [0.1, 0.15) is 45.6 Å². The maximum atomic E-state index is 10.8. The van der Waals surface area contributed by atoms with Gasteiger partial charge in [-0.3, -0.25) is 4.79 Å². The van der Waals surface area contributed by atoms with E-state index in [0.29, 0.717) is 18.6 Å². The minimum absolute atomic E-state index is 0.104. The van der Waals surface area contributed by atoms with Crippen LogP contribution in [-0.4, -0.2) is 11.9 Å². The van der Waals surface area contributed by atoms with E-state index in [-0.39, 0.29) is 11.5 Å². The second-order valence-electron chi connectivity index (χ2n) is 5.45. The average molecular weight is 232 g/mol. The topological polar surface area (TPSA) is 26.3 Å². The van der Waals surface area contributed by atoms with Crippen LogP contribution in [0.5, 0.6) is 5.75 Å². The lowest BCUT2D eigenvalue weighted by atomic mass is 9.82. The van der Waals surface area contributed by atoms with Gasteiger partial charge in [0.2, 0.25) is 0 Å². The van der Waals surface area contributed by atoms with E-state index >= 15 is 0 Å². The molecular weight excluding hydrogens is 212 g/mol. The molecule has 2 heteroatoms. The van der Waals surface area contributed by atoms with Crippen LogP contribution < -0.4 is 4.74 Å². The number of ether oxygens (including phenoxy) is 1. The standard InChI is InChI=1S/C15H20O2/c1-4-15(2,3)11-5-7-13(8-6-11)17-14-9-12(16)10-14/h5-8,14H,4,9-10H2,1-3H3. The van der Waals surface area contributed by atoms with Crippen LogP contribution in [-0.2, 0) is 10.2 Å². The van der Waals surface area contributed by atoms with Crippen molar-refractivity contribution in [3.63, 3.8) is 0 Å². The van der Waals surface area contributed by atoms with E-state index in [9.17, 15) is 4.79 Å². The molecule has 1 saturated carbocycles. The lowest BCUT2D eigenvalue weighted by Crippen LogP contribution is -2.33. The summed E-state index contributed by atoms with van der Waals surface area (Å²) in [6, 6.07) is 8.27. The zero-order chi connectivity index (χ0) is 12.5. The second-order valence-corrected chi connectivity index (χ2v) is 5.45. The van der Waals surface area contributed by atoms with Crippen LogP contribution in [0.3, 0.4) is 0 Å². The number of ketones is 1. The summed E-state index contributed by atoms with van der Waals surface area (Å²) in [5.41, 5.74) is 1.54. The first-order valence-electron chi connectivity index (χ1n) is 6.30. The fourth-order valence-corrected chi connectivity index (χ4v) is 1.91. The van der Waals surface area contributed by atoms with Gasteiger partial charge in [0.25, 0.3) is 0 Å². The highest BCUT2D eigenvalue weighted by Crippen LogP contribution is 2.29. The summed E-state index contributed by atoms with van der Waals surface area (Å²) in [6.45, 7) is 6.69. The number of rotatable bonds is 4. The Bertz CT molecular complexity index is 395. The fourth-order valence-electron chi connectivity index (χ4n) is 1.91. The van der Waals surface area contributed by atoms with Crippen LogP contribution in [0.15, 0.2) is 24.3 Å². The van der Waals surface area contributed by atoms with Gasteiger partial charge in [-0.1, -0.05) is 32.9 Å². The molecule has 0 amide bonds. The van der Waals surface area contributed by atoms with E-state index < -0.39 is 0 Å². The minimum atomic E-state index is 0.104. The van der Waals surface area contributed by atoms with Crippen LogP contribution in [0.4, 0.5) is 0 Å². The Morgan fingerprint density at radius 1 is 1.24 bits per heavy atom. The van der Waals surface area contributed by atoms with Gasteiger partial charge in [0.1, 0.15) is 17.6 Å². The predicted molar refractivity (Wildman–Crippen MR) is 68.4 cm³/mol. The van der Waals surface area contributed by atoms with Crippen LogP contribution >= 0.6 is 0 Å². The summed E-state index contributed by atoms with van der Waals surface area (Å²) in [4.78, 5) is 10.8. The highest BCUT2D eigenvalue weighted by Gasteiger charge is 2.28. The van der Waals surface area contributed by atoms with Crippen molar-refractivity contribution in [2.45, 2.75) is 51.6 Å². The Morgan fingerprint density at radius 2 is 1.82 bits per heavy atom. The lowest BCUT2D eigenvalue weighted by molar-refractivity contribution is -0.129. The zero-order valence-corrected chi connectivity index (χ0v) is 10.8. The average Bonchev–Trinajstić information content (AvgIpc) is 2.28. The number of Topliss-reactive ketones (excluding diaryl/α,β-unsaturated/α-hetero) is 1. The number of carbonyl (C=O) groups is 1. The molecule has 2 rings (SSSR count). The molecule has 92 valence electrons. The number of benzene rings is 1. The normalized spacial score (nSPS) is 16.8. The van der Waals surface area contributed by atoms with Gasteiger partial charge in [0, 0.05) is 12.8 Å². The number of hydrogen-bond donors (Lipinski definition) is 0. The highest BCUT2D eigenvalue weighted by atomic mass is 16.5. The Hall–Kier alpha value is -1.31. The van der Waals surface area contributed by atoms with Crippen LogP contribution in [0.2, 0.25) is 0 Å². The summed E-state index contributed by atoms with van der Waals surface area (Å²) in [5.74, 6) is 1.18. The van der Waals surface area contributed by atoms with E-state index in [1.54, 1.807) is 0 Å². The van der Waals surface area contributed by atoms with Gasteiger partial charge >= 0.3 is 0 Å². The largest absolute Gasteiger partial charge is 0.490 e. The third kappa shape index (κ3) is 2.68. The Kier molecular flexibility index (Phi) is 3.23. The molecule has 0 aliphatic heterocycles. The van der Waals surface area contributed by atoms with E-state index in [2.05, 4.69) is 32.9 Å². The van der Waals surface area contributed by atoms with Crippen molar-refractivity contribution in [1.29, 1.82) is 0 Å². The summed E-state index contributed by atoms with van der Waals surface area (Å²) in [6.07, 6.45) is 2.36. The SMILES string of the molecule is CCC(C)(C)c1ccc(OC2CC(=O)C2)cc1.